The van der Waals surface area contributed by atoms with E-state index in [9.17, 15) is 13.2 Å². The summed E-state index contributed by atoms with van der Waals surface area (Å²) in [5, 5.41) is 2.62. The summed E-state index contributed by atoms with van der Waals surface area (Å²) in [7, 11) is -3.27. The minimum atomic E-state index is -3.27. The van der Waals surface area contributed by atoms with Crippen LogP contribution in [-0.2, 0) is 9.84 Å². The van der Waals surface area contributed by atoms with Crippen LogP contribution in [-0.4, -0.2) is 36.9 Å². The molecule has 8 heteroatoms. The molecule has 1 rings (SSSR count). The Morgan fingerprint density at radius 2 is 2.11 bits per heavy atom. The van der Waals surface area contributed by atoms with Gasteiger partial charge in [-0.15, -0.1) is 0 Å². The van der Waals surface area contributed by atoms with Crippen molar-refractivity contribution in [3.63, 3.8) is 0 Å². The Labute approximate surface area is 125 Å². The first kappa shape index (κ1) is 16.4. The molecule has 0 saturated carbocycles. The lowest BCUT2D eigenvalue weighted by Crippen LogP contribution is -2.43. The molecule has 0 atom stereocenters. The second-order valence-corrected chi connectivity index (χ2v) is 8.63. The van der Waals surface area contributed by atoms with Crippen molar-refractivity contribution < 1.29 is 13.2 Å². The van der Waals surface area contributed by atoms with Crippen LogP contribution < -0.4 is 5.32 Å². The Hall–Kier alpha value is -0.660. The van der Waals surface area contributed by atoms with Crippen LogP contribution in [0.25, 0.3) is 0 Å². The lowest BCUT2D eigenvalue weighted by atomic mass is 10.2. The van der Waals surface area contributed by atoms with Crippen LogP contribution in [0.3, 0.4) is 0 Å². The predicted octanol–water partition coefficient (Wildman–Crippen LogP) is 2.05. The minimum absolute atomic E-state index is 0.00644. The average molecular weight is 370 g/mol. The number of nitrogens with zero attached hydrogens (tertiary/aromatic N) is 1. The molecule has 0 aliphatic carbocycles. The highest BCUT2D eigenvalue weighted by Crippen LogP contribution is 2.19. The van der Waals surface area contributed by atoms with Crippen LogP contribution in [0, 0.1) is 0 Å². The van der Waals surface area contributed by atoms with Crippen molar-refractivity contribution in [1.29, 1.82) is 0 Å². The summed E-state index contributed by atoms with van der Waals surface area (Å²) >= 11 is 9.01. The van der Waals surface area contributed by atoms with Gasteiger partial charge in [-0.05, 0) is 35.8 Å². The summed E-state index contributed by atoms with van der Waals surface area (Å²) in [5.74, 6) is -0.462. The fourth-order valence-electron chi connectivity index (χ4n) is 1.10. The topological polar surface area (TPSA) is 76.1 Å². The van der Waals surface area contributed by atoms with Crippen molar-refractivity contribution >= 4 is 43.3 Å². The summed E-state index contributed by atoms with van der Waals surface area (Å²) in [6, 6.07) is 1.53. The molecule has 106 valence electrons. The van der Waals surface area contributed by atoms with Crippen molar-refractivity contribution in [2.45, 2.75) is 18.6 Å². The Morgan fingerprint density at radius 3 is 2.63 bits per heavy atom. The van der Waals surface area contributed by atoms with E-state index >= 15 is 0 Å². The number of nitrogens with one attached hydrogen (secondary N) is 1. The maximum Gasteiger partial charge on any atom is 0.254 e. The Morgan fingerprint density at radius 1 is 1.53 bits per heavy atom. The normalized spacial score (nSPS) is 12.3. The van der Waals surface area contributed by atoms with Crippen molar-refractivity contribution in [3.8, 4) is 0 Å². The Bertz CT molecular complexity index is 602. The van der Waals surface area contributed by atoms with Crippen molar-refractivity contribution in [3.05, 3.63) is 27.5 Å². The van der Waals surface area contributed by atoms with Crippen molar-refractivity contribution in [2.75, 3.05) is 12.8 Å². The molecular weight excluding hydrogens is 356 g/mol. The summed E-state index contributed by atoms with van der Waals surface area (Å²) in [6.45, 7) is 3.08. The summed E-state index contributed by atoms with van der Waals surface area (Å²) in [6.07, 6.45) is 2.60. The monoisotopic (exact) mass is 368 g/mol. The van der Waals surface area contributed by atoms with Crippen LogP contribution in [0.1, 0.15) is 24.2 Å². The first-order valence-electron chi connectivity index (χ1n) is 5.33. The number of aromatic nitrogens is 1. The van der Waals surface area contributed by atoms with Gasteiger partial charge in [-0.1, -0.05) is 11.6 Å². The zero-order valence-electron chi connectivity index (χ0n) is 10.7. The molecule has 0 radical (unpaired) electrons. The number of hydrogen-bond acceptors (Lipinski definition) is 4. The van der Waals surface area contributed by atoms with Crippen LogP contribution in [0.5, 0.6) is 0 Å². The fraction of sp³-hybridized carbons (Fsp3) is 0.455. The molecular formula is C11H14BrClN2O3S. The maximum atomic E-state index is 11.9. The van der Waals surface area contributed by atoms with E-state index < -0.39 is 20.5 Å². The van der Waals surface area contributed by atoms with Crippen molar-refractivity contribution in [1.82, 2.24) is 10.3 Å². The van der Waals surface area contributed by atoms with Crippen molar-refractivity contribution in [2.24, 2.45) is 0 Å². The maximum absolute atomic E-state index is 11.9. The van der Waals surface area contributed by atoms with Gasteiger partial charge in [-0.2, -0.15) is 0 Å². The third kappa shape index (κ3) is 4.15. The van der Waals surface area contributed by atoms with E-state index in [1.165, 1.54) is 12.3 Å². The third-order valence-corrected chi connectivity index (χ3v) is 5.62. The molecule has 0 spiro atoms. The van der Waals surface area contributed by atoms with Gasteiger partial charge in [0.25, 0.3) is 5.91 Å². The zero-order chi connectivity index (χ0) is 14.8. The largest absolute Gasteiger partial charge is 0.350 e. The van der Waals surface area contributed by atoms with Gasteiger partial charge in [0, 0.05) is 23.5 Å². The molecule has 0 bridgehead atoms. The number of carbonyl (C=O) groups is 1. The van der Waals surface area contributed by atoms with Crippen LogP contribution in [0.4, 0.5) is 0 Å². The predicted molar refractivity (Wildman–Crippen MR) is 78.2 cm³/mol. The van der Waals surface area contributed by atoms with Crippen LogP contribution >= 0.6 is 27.5 Å². The third-order valence-electron chi connectivity index (χ3n) is 2.73. The molecule has 1 N–H and O–H groups in total. The van der Waals surface area contributed by atoms with Gasteiger partial charge in [0.15, 0.2) is 9.84 Å². The Kier molecular flexibility index (Phi) is 4.97. The van der Waals surface area contributed by atoms with E-state index in [-0.39, 0.29) is 17.3 Å². The van der Waals surface area contributed by atoms with E-state index in [1.54, 1.807) is 13.8 Å². The second-order valence-electron chi connectivity index (χ2n) is 4.71. The average Bonchev–Trinajstić information content (AvgIpc) is 2.28. The smallest absolute Gasteiger partial charge is 0.254 e. The summed E-state index contributed by atoms with van der Waals surface area (Å²) < 4.78 is 22.6. The van der Waals surface area contributed by atoms with Gasteiger partial charge >= 0.3 is 0 Å². The minimum Gasteiger partial charge on any atom is -0.350 e. The number of carbonyl (C=O) groups excluding carboxylic acids is 1. The molecule has 0 aliphatic heterocycles. The van der Waals surface area contributed by atoms with Gasteiger partial charge < -0.3 is 5.32 Å². The van der Waals surface area contributed by atoms with Crippen LogP contribution in [0.15, 0.2) is 16.7 Å². The molecule has 1 amide bonds. The second kappa shape index (κ2) is 5.76. The molecule has 0 unspecified atom stereocenters. The molecule has 5 nitrogen and oxygen atoms in total. The highest BCUT2D eigenvalue weighted by molar-refractivity contribution is 9.10. The van der Waals surface area contributed by atoms with Gasteiger partial charge in [0.2, 0.25) is 0 Å². The molecule has 0 saturated heterocycles. The Balaban J connectivity index is 2.85. The highest BCUT2D eigenvalue weighted by atomic mass is 79.9. The molecule has 0 fully saturated rings. The summed E-state index contributed by atoms with van der Waals surface area (Å²) in [5.41, 5.74) is 0.195. The molecule has 0 aromatic carbocycles. The molecule has 1 aromatic heterocycles. The number of pyridine rings is 1. The number of amides is 1. The number of rotatable bonds is 4. The standard InChI is InChI=1S/C11H14BrClN2O3S/c1-11(2,19(3,17)18)6-15-10(16)8-4-7(12)5-14-9(8)13/h4-5H,6H2,1-3H3,(H,15,16). The first-order chi connectivity index (χ1) is 8.54. The number of halogens is 2. The van der Waals surface area contributed by atoms with E-state index in [0.717, 1.165) is 6.26 Å². The first-order valence-corrected chi connectivity index (χ1v) is 8.40. The fourth-order valence-corrected chi connectivity index (χ4v) is 1.96. The van der Waals surface area contributed by atoms with Gasteiger partial charge in [-0.3, -0.25) is 4.79 Å². The lowest BCUT2D eigenvalue weighted by molar-refractivity contribution is 0.0950. The van der Waals surface area contributed by atoms with Gasteiger partial charge in [0.05, 0.1) is 10.3 Å². The molecule has 1 heterocycles. The molecule has 1 aromatic rings. The molecule has 19 heavy (non-hydrogen) atoms. The number of hydrogen-bond donors (Lipinski definition) is 1. The van der Waals surface area contributed by atoms with Gasteiger partial charge in [0.1, 0.15) is 5.15 Å². The van der Waals surface area contributed by atoms with E-state index in [4.69, 9.17) is 11.6 Å². The molecule has 0 aliphatic rings. The zero-order valence-corrected chi connectivity index (χ0v) is 13.9. The van der Waals surface area contributed by atoms with E-state index in [2.05, 4.69) is 26.2 Å². The van der Waals surface area contributed by atoms with Crippen LogP contribution in [0.2, 0.25) is 5.15 Å². The SMILES string of the molecule is CC(C)(CNC(=O)c1cc(Br)cnc1Cl)S(C)(=O)=O. The lowest BCUT2D eigenvalue weighted by Gasteiger charge is -2.22. The quantitative estimate of drug-likeness (QED) is 0.824. The summed E-state index contributed by atoms with van der Waals surface area (Å²) in [4.78, 5) is 15.8. The number of sulfone groups is 1. The van der Waals surface area contributed by atoms with Gasteiger partial charge in [-0.25, -0.2) is 13.4 Å². The van der Waals surface area contributed by atoms with E-state index in [1.807, 2.05) is 0 Å². The van der Waals surface area contributed by atoms with E-state index in [0.29, 0.717) is 4.47 Å². The highest BCUT2D eigenvalue weighted by Gasteiger charge is 2.30.